The van der Waals surface area contributed by atoms with Crippen LogP contribution in [0.25, 0.3) is 10.9 Å². The molecule has 1 fully saturated rings. The van der Waals surface area contributed by atoms with Gasteiger partial charge in [0, 0.05) is 5.39 Å². The van der Waals surface area contributed by atoms with Crippen molar-refractivity contribution in [1.82, 2.24) is 15.3 Å². The highest BCUT2D eigenvalue weighted by Crippen LogP contribution is 2.30. The standard InChI is InChI=1S/C17H15ClN4O4/c18-16-21-14-12(15(22-16)19-7-10-3-2-6-24-10)4-1-5-13(14)25-9-11-8-20-17(23)26-11/h1-6,11H,7-9H2,(H,20,23)(H,19,21,22)/t11-/m1/s1. The van der Waals surface area contributed by atoms with Crippen LogP contribution in [0.3, 0.4) is 0 Å². The summed E-state index contributed by atoms with van der Waals surface area (Å²) < 4.78 is 16.2. The van der Waals surface area contributed by atoms with Crippen LogP contribution < -0.4 is 15.4 Å². The summed E-state index contributed by atoms with van der Waals surface area (Å²) in [5, 5.41) is 6.65. The average Bonchev–Trinajstić information content (AvgIpc) is 3.29. The number of para-hydroxylation sites is 1. The van der Waals surface area contributed by atoms with Crippen LogP contribution in [0.2, 0.25) is 5.28 Å². The van der Waals surface area contributed by atoms with Crippen LogP contribution in [-0.2, 0) is 11.3 Å². The van der Waals surface area contributed by atoms with Crippen molar-refractivity contribution in [3.8, 4) is 5.75 Å². The summed E-state index contributed by atoms with van der Waals surface area (Å²) in [7, 11) is 0. The number of alkyl carbamates (subject to hydrolysis) is 1. The van der Waals surface area contributed by atoms with Gasteiger partial charge in [0.15, 0.2) is 6.10 Å². The van der Waals surface area contributed by atoms with Crippen molar-refractivity contribution in [2.24, 2.45) is 0 Å². The Kier molecular flexibility index (Phi) is 4.49. The normalized spacial score (nSPS) is 16.3. The number of anilines is 1. The lowest BCUT2D eigenvalue weighted by Gasteiger charge is -2.13. The number of carbonyl (C=O) groups excluding carboxylic acids is 1. The predicted octanol–water partition coefficient (Wildman–Crippen LogP) is 2.98. The van der Waals surface area contributed by atoms with E-state index in [2.05, 4.69) is 20.6 Å². The van der Waals surface area contributed by atoms with E-state index >= 15 is 0 Å². The molecule has 1 aromatic carbocycles. The van der Waals surface area contributed by atoms with E-state index in [-0.39, 0.29) is 18.0 Å². The SMILES string of the molecule is O=C1NC[C@H](COc2cccc3c(NCc4ccco4)nc(Cl)nc23)O1. The monoisotopic (exact) mass is 374 g/mol. The molecule has 1 saturated heterocycles. The van der Waals surface area contributed by atoms with Gasteiger partial charge in [0.05, 0.1) is 19.4 Å². The smallest absolute Gasteiger partial charge is 0.407 e. The van der Waals surface area contributed by atoms with Crippen LogP contribution in [0, 0.1) is 0 Å². The van der Waals surface area contributed by atoms with Gasteiger partial charge in [-0.1, -0.05) is 6.07 Å². The summed E-state index contributed by atoms with van der Waals surface area (Å²) in [5.74, 6) is 1.89. The molecule has 1 aliphatic rings. The van der Waals surface area contributed by atoms with Crippen molar-refractivity contribution in [2.45, 2.75) is 12.6 Å². The fourth-order valence-corrected chi connectivity index (χ4v) is 2.81. The number of fused-ring (bicyclic) bond motifs is 1. The molecule has 2 N–H and O–H groups in total. The maximum atomic E-state index is 11.1. The number of aromatic nitrogens is 2. The first-order valence-electron chi connectivity index (χ1n) is 7.99. The molecule has 0 bridgehead atoms. The summed E-state index contributed by atoms with van der Waals surface area (Å²) >= 11 is 6.08. The van der Waals surface area contributed by atoms with Gasteiger partial charge in [-0.05, 0) is 35.9 Å². The lowest BCUT2D eigenvalue weighted by atomic mass is 10.2. The van der Waals surface area contributed by atoms with Crippen molar-refractivity contribution in [3.05, 3.63) is 47.6 Å². The minimum Gasteiger partial charge on any atom is -0.487 e. The highest BCUT2D eigenvalue weighted by atomic mass is 35.5. The molecule has 0 radical (unpaired) electrons. The Bertz CT molecular complexity index is 932. The molecule has 0 unspecified atom stereocenters. The highest BCUT2D eigenvalue weighted by Gasteiger charge is 2.23. The molecule has 1 atom stereocenters. The second-order valence-corrected chi connectivity index (χ2v) is 5.98. The molecular formula is C17H15ClN4O4. The van der Waals surface area contributed by atoms with Crippen molar-refractivity contribution in [1.29, 1.82) is 0 Å². The summed E-state index contributed by atoms with van der Waals surface area (Å²) in [5.41, 5.74) is 0.576. The molecule has 26 heavy (non-hydrogen) atoms. The molecule has 3 aromatic rings. The van der Waals surface area contributed by atoms with Crippen molar-refractivity contribution in [3.63, 3.8) is 0 Å². The summed E-state index contributed by atoms with van der Waals surface area (Å²) in [6.07, 6.45) is 0.830. The highest BCUT2D eigenvalue weighted by molar-refractivity contribution is 6.29. The third kappa shape index (κ3) is 3.50. The number of carbonyl (C=O) groups is 1. The number of benzene rings is 1. The number of nitrogens with one attached hydrogen (secondary N) is 2. The molecule has 134 valence electrons. The molecule has 4 rings (SSSR count). The number of hydrogen-bond donors (Lipinski definition) is 2. The summed E-state index contributed by atoms with van der Waals surface area (Å²) in [6.45, 7) is 1.09. The summed E-state index contributed by atoms with van der Waals surface area (Å²) in [4.78, 5) is 19.6. The molecule has 2 aromatic heterocycles. The Morgan fingerprint density at radius 3 is 3.00 bits per heavy atom. The lowest BCUT2D eigenvalue weighted by Crippen LogP contribution is -2.22. The Morgan fingerprint density at radius 2 is 2.23 bits per heavy atom. The second-order valence-electron chi connectivity index (χ2n) is 5.65. The van der Waals surface area contributed by atoms with Gasteiger partial charge in [0.2, 0.25) is 5.28 Å². The molecule has 9 heteroatoms. The van der Waals surface area contributed by atoms with Crippen molar-refractivity contribution < 1.29 is 18.7 Å². The number of hydrogen-bond acceptors (Lipinski definition) is 7. The van der Waals surface area contributed by atoms with Gasteiger partial charge >= 0.3 is 6.09 Å². The zero-order valence-electron chi connectivity index (χ0n) is 13.6. The number of cyclic esters (lactones) is 1. The number of nitrogens with zero attached hydrogens (tertiary/aromatic N) is 2. The van der Waals surface area contributed by atoms with E-state index in [9.17, 15) is 4.79 Å². The topological polar surface area (TPSA) is 98.5 Å². The van der Waals surface area contributed by atoms with E-state index in [0.717, 1.165) is 11.1 Å². The first-order chi connectivity index (χ1) is 12.7. The van der Waals surface area contributed by atoms with Crippen LogP contribution in [0.1, 0.15) is 5.76 Å². The number of furan rings is 1. The van der Waals surface area contributed by atoms with Crippen LogP contribution >= 0.6 is 11.6 Å². The first kappa shape index (κ1) is 16.5. The van der Waals surface area contributed by atoms with Gasteiger partial charge in [-0.15, -0.1) is 0 Å². The van der Waals surface area contributed by atoms with Gasteiger partial charge in [0.1, 0.15) is 29.5 Å². The number of rotatable bonds is 6. The largest absolute Gasteiger partial charge is 0.487 e. The third-order valence-corrected chi connectivity index (χ3v) is 4.01. The molecule has 1 amide bonds. The molecule has 1 aliphatic heterocycles. The maximum absolute atomic E-state index is 11.1. The molecule has 0 aliphatic carbocycles. The molecule has 8 nitrogen and oxygen atoms in total. The lowest BCUT2D eigenvalue weighted by molar-refractivity contribution is 0.105. The number of halogens is 1. The van der Waals surface area contributed by atoms with Crippen LogP contribution in [0.4, 0.5) is 10.6 Å². The molecular weight excluding hydrogens is 360 g/mol. The van der Waals surface area contributed by atoms with E-state index < -0.39 is 6.09 Å². The van der Waals surface area contributed by atoms with E-state index in [0.29, 0.717) is 30.2 Å². The quantitative estimate of drug-likeness (QED) is 0.640. The Balaban J connectivity index is 1.57. The average molecular weight is 375 g/mol. The van der Waals surface area contributed by atoms with Gasteiger partial charge in [-0.2, -0.15) is 0 Å². The predicted molar refractivity (Wildman–Crippen MR) is 94.3 cm³/mol. The second kappa shape index (κ2) is 7.09. The van der Waals surface area contributed by atoms with Gasteiger partial charge in [-0.3, -0.25) is 0 Å². The van der Waals surface area contributed by atoms with Crippen LogP contribution in [0.5, 0.6) is 5.75 Å². The third-order valence-electron chi connectivity index (χ3n) is 3.84. The molecule has 0 saturated carbocycles. The fraction of sp³-hybridized carbons (Fsp3) is 0.235. The maximum Gasteiger partial charge on any atom is 0.407 e. The van der Waals surface area contributed by atoms with Crippen molar-refractivity contribution >= 4 is 34.4 Å². The zero-order valence-corrected chi connectivity index (χ0v) is 14.3. The van der Waals surface area contributed by atoms with Gasteiger partial charge in [0.25, 0.3) is 0 Å². The van der Waals surface area contributed by atoms with Gasteiger partial charge < -0.3 is 24.5 Å². The van der Waals surface area contributed by atoms with E-state index in [4.69, 9.17) is 25.5 Å². The van der Waals surface area contributed by atoms with Crippen LogP contribution in [-0.4, -0.2) is 35.3 Å². The van der Waals surface area contributed by atoms with Crippen LogP contribution in [0.15, 0.2) is 41.0 Å². The number of ether oxygens (including phenoxy) is 2. The van der Waals surface area contributed by atoms with Crippen molar-refractivity contribution in [2.75, 3.05) is 18.5 Å². The Labute approximate surface area is 153 Å². The van der Waals surface area contributed by atoms with Gasteiger partial charge in [-0.25, -0.2) is 14.8 Å². The zero-order chi connectivity index (χ0) is 17.9. The number of amides is 1. The minimum atomic E-state index is -0.439. The van der Waals surface area contributed by atoms with E-state index in [1.165, 1.54) is 0 Å². The Hall–Kier alpha value is -3.00. The molecule has 0 spiro atoms. The Morgan fingerprint density at radius 1 is 1.31 bits per heavy atom. The summed E-state index contributed by atoms with van der Waals surface area (Å²) in [6, 6.07) is 9.18. The fourth-order valence-electron chi connectivity index (χ4n) is 2.64. The minimum absolute atomic E-state index is 0.101. The van der Waals surface area contributed by atoms with E-state index in [1.807, 2.05) is 24.3 Å². The first-order valence-corrected chi connectivity index (χ1v) is 8.36. The van der Waals surface area contributed by atoms with E-state index in [1.54, 1.807) is 12.3 Å². The molecule has 3 heterocycles.